The number of alkyl halides is 1. The van der Waals surface area contributed by atoms with Crippen molar-refractivity contribution >= 4 is 39.5 Å². The van der Waals surface area contributed by atoms with Crippen molar-refractivity contribution in [2.24, 2.45) is 5.41 Å². The minimum Gasteiger partial charge on any atom is -0.450 e. The van der Waals surface area contributed by atoms with Crippen LogP contribution in [0.3, 0.4) is 0 Å². The molecule has 0 bridgehead atoms. The Hall–Kier alpha value is -3.23. The van der Waals surface area contributed by atoms with Crippen molar-refractivity contribution in [2.45, 2.75) is 75.0 Å². The third kappa shape index (κ3) is 6.65. The Morgan fingerprint density at radius 3 is 2.61 bits per heavy atom. The molecule has 12 nitrogen and oxygen atoms in total. The molecule has 0 spiro atoms. The maximum Gasteiger partial charge on any atom is 0.507 e. The molecule has 1 saturated carbocycles. The maximum atomic E-state index is 13.0. The van der Waals surface area contributed by atoms with E-state index in [-0.39, 0.29) is 25.5 Å². The molecule has 0 radical (unpaired) electrons. The second-order valence-corrected chi connectivity index (χ2v) is 13.9. The molecule has 3 atom stereocenters. The zero-order valence-electron chi connectivity index (χ0n) is 23.0. The van der Waals surface area contributed by atoms with E-state index in [2.05, 4.69) is 29.2 Å². The van der Waals surface area contributed by atoms with E-state index in [9.17, 15) is 22.8 Å². The Labute approximate surface area is 243 Å². The number of hydrogen-bond acceptors (Lipinski definition) is 8. The van der Waals surface area contributed by atoms with Crippen LogP contribution < -0.4 is 5.48 Å². The first kappa shape index (κ1) is 30.7. The van der Waals surface area contributed by atoms with E-state index in [0.29, 0.717) is 37.1 Å². The summed E-state index contributed by atoms with van der Waals surface area (Å²) in [7, 11) is -3.87. The van der Waals surface area contributed by atoms with E-state index >= 15 is 0 Å². The minimum atomic E-state index is -3.87. The fourth-order valence-corrected chi connectivity index (χ4v) is 5.78. The number of sulfone groups is 1. The molecule has 2 fully saturated rings. The second kappa shape index (κ2) is 11.6. The maximum absolute atomic E-state index is 13.0. The first-order valence-electron chi connectivity index (χ1n) is 13.1. The van der Waals surface area contributed by atoms with Gasteiger partial charge in [0.25, 0.3) is 5.91 Å². The smallest absolute Gasteiger partial charge is 0.450 e. The van der Waals surface area contributed by atoms with Crippen LogP contribution in [0.25, 0.3) is 0 Å². The summed E-state index contributed by atoms with van der Waals surface area (Å²) in [4.78, 5) is 43.5. The Kier molecular flexibility index (Phi) is 8.67. The zero-order valence-corrected chi connectivity index (χ0v) is 24.6. The topological polar surface area (TPSA) is 153 Å². The van der Waals surface area contributed by atoms with Gasteiger partial charge < -0.3 is 19.5 Å². The summed E-state index contributed by atoms with van der Waals surface area (Å²) in [6.07, 6.45) is 3.81. The van der Waals surface area contributed by atoms with Crippen molar-refractivity contribution in [1.29, 1.82) is 0 Å². The third-order valence-electron chi connectivity index (χ3n) is 7.76. The molecule has 2 unspecified atom stereocenters. The minimum absolute atomic E-state index is 0.0155. The van der Waals surface area contributed by atoms with Crippen LogP contribution in [0.15, 0.2) is 12.3 Å². The number of fused-ring (bicyclic) bond motifs is 1. The number of rotatable bonds is 9. The van der Waals surface area contributed by atoms with Crippen molar-refractivity contribution < 1.29 is 42.2 Å². The second-order valence-electron chi connectivity index (χ2n) is 10.8. The van der Waals surface area contributed by atoms with Gasteiger partial charge in [0.1, 0.15) is 0 Å². The Morgan fingerprint density at radius 2 is 2.02 bits per heavy atom. The number of carbonyl (C=O) groups excluding carboxylic acids is 2. The molecule has 14 heteroatoms. The molecular weight excluding hydrogens is 578 g/mol. The zero-order chi connectivity index (χ0) is 30.1. The number of hydrogen-bond donors (Lipinski definition) is 2. The molecule has 3 heterocycles. The number of nitrogens with one attached hydrogen (secondary N) is 1. The summed E-state index contributed by atoms with van der Waals surface area (Å²) in [6, 6.07) is 1.35. The van der Waals surface area contributed by atoms with Gasteiger partial charge in [-0.05, 0) is 63.9 Å². The van der Waals surface area contributed by atoms with Gasteiger partial charge in [-0.3, -0.25) is 9.36 Å². The molecule has 3 aliphatic rings. The van der Waals surface area contributed by atoms with Crippen LogP contribution in [0, 0.1) is 29.1 Å². The average molecular weight is 610 g/mol. The van der Waals surface area contributed by atoms with Gasteiger partial charge in [-0.2, -0.15) is 0 Å². The van der Waals surface area contributed by atoms with Gasteiger partial charge in [0.2, 0.25) is 5.06 Å². The first-order chi connectivity index (χ1) is 19.2. The molecule has 2 N–H and O–H groups in total. The fourth-order valence-electron chi connectivity index (χ4n) is 4.64. The number of ether oxygens (including phenoxy) is 2. The number of carboxylic acid groups (broad SMARTS) is 1. The Bertz CT molecular complexity index is 1450. The molecule has 1 aromatic heterocycles. The molecule has 2 amide bonds. The first-order valence-corrected chi connectivity index (χ1v) is 15.4. The predicted octanol–water partition coefficient (Wildman–Crippen LogP) is 2.82. The molecule has 4 rings (SSSR count). The summed E-state index contributed by atoms with van der Waals surface area (Å²) < 4.78 is 35.0. The summed E-state index contributed by atoms with van der Waals surface area (Å²) in [5, 5.41) is 7.41. The summed E-state index contributed by atoms with van der Waals surface area (Å²) >= 11 is 6.24. The quantitative estimate of drug-likeness (QED) is 0.186. The number of amides is 2. The van der Waals surface area contributed by atoms with E-state index in [1.807, 2.05) is 0 Å². The van der Waals surface area contributed by atoms with Crippen LogP contribution in [-0.2, 0) is 35.5 Å². The third-order valence-corrected chi connectivity index (χ3v) is 10.2. The van der Waals surface area contributed by atoms with Gasteiger partial charge in [0.15, 0.2) is 20.9 Å². The molecule has 2 aliphatic heterocycles. The van der Waals surface area contributed by atoms with Crippen LogP contribution in [0.2, 0.25) is 0 Å². The SMILES string of the molecule is CC(Cl)(OC(=O)O)C1(C#CC#Cc2cc3n(c2)C(=O)N(CC[C@](C)(C(=O)NOC2CCCCO2)S(C)(=O)=O)C3)CC1. The Balaban J connectivity index is 1.36. The largest absolute Gasteiger partial charge is 0.507 e. The van der Waals surface area contributed by atoms with Crippen molar-refractivity contribution in [3.63, 3.8) is 0 Å². The van der Waals surface area contributed by atoms with Crippen LogP contribution in [0.4, 0.5) is 9.59 Å². The van der Waals surface area contributed by atoms with Gasteiger partial charge in [0.05, 0.1) is 12.0 Å². The lowest BCUT2D eigenvalue weighted by atomic mass is 10.0. The lowest BCUT2D eigenvalue weighted by Crippen LogP contribution is -2.52. The lowest BCUT2D eigenvalue weighted by molar-refractivity contribution is -0.201. The highest BCUT2D eigenvalue weighted by atomic mass is 35.5. The van der Waals surface area contributed by atoms with Crippen molar-refractivity contribution in [1.82, 2.24) is 14.9 Å². The Morgan fingerprint density at radius 1 is 1.29 bits per heavy atom. The molecular formula is C27H32ClN3O9S. The molecule has 1 aliphatic carbocycles. The highest BCUT2D eigenvalue weighted by Gasteiger charge is 2.58. The van der Waals surface area contributed by atoms with E-state index in [1.165, 1.54) is 23.3 Å². The summed E-state index contributed by atoms with van der Waals surface area (Å²) in [6.45, 7) is 3.49. The van der Waals surface area contributed by atoms with Gasteiger partial charge in [-0.25, -0.2) is 28.3 Å². The van der Waals surface area contributed by atoms with E-state index in [4.69, 9.17) is 31.0 Å². The predicted molar refractivity (Wildman–Crippen MR) is 146 cm³/mol. The molecule has 1 saturated heterocycles. The van der Waals surface area contributed by atoms with E-state index < -0.39 is 43.4 Å². The van der Waals surface area contributed by atoms with Gasteiger partial charge in [0, 0.05) is 43.3 Å². The number of hydroxylamine groups is 1. The summed E-state index contributed by atoms with van der Waals surface area (Å²) in [5.41, 5.74) is 2.64. The molecule has 0 aromatic carbocycles. The highest BCUT2D eigenvalue weighted by Crippen LogP contribution is 2.57. The molecule has 222 valence electrons. The van der Waals surface area contributed by atoms with Crippen molar-refractivity contribution in [2.75, 3.05) is 19.4 Å². The van der Waals surface area contributed by atoms with Crippen molar-refractivity contribution in [3.05, 3.63) is 23.5 Å². The van der Waals surface area contributed by atoms with Crippen LogP contribution in [-0.4, -0.2) is 76.6 Å². The van der Waals surface area contributed by atoms with Crippen LogP contribution in [0.1, 0.15) is 63.6 Å². The van der Waals surface area contributed by atoms with Crippen LogP contribution in [0.5, 0.6) is 0 Å². The number of halogens is 1. The van der Waals surface area contributed by atoms with E-state index in [0.717, 1.165) is 19.1 Å². The number of nitrogens with zero attached hydrogens (tertiary/aromatic N) is 2. The fraction of sp³-hybridized carbons (Fsp3) is 0.593. The molecule has 1 aromatic rings. The monoisotopic (exact) mass is 609 g/mol. The van der Waals surface area contributed by atoms with Crippen molar-refractivity contribution in [3.8, 4) is 23.7 Å². The average Bonchev–Trinajstić information content (AvgIpc) is 3.52. The highest BCUT2D eigenvalue weighted by molar-refractivity contribution is 7.92. The van der Waals surface area contributed by atoms with E-state index in [1.54, 1.807) is 12.3 Å². The standard InChI is InChI=1S/C27H32ClN3O9S/c1-25(41(3,36)37,22(32)29-40-21-9-5-7-15-38-21)13-14-30-18-20-16-19(17-31(20)23(30)33)8-4-6-10-27(11-12-27)26(2,28)39-24(34)35/h16-17,21H,5,7,9,11-15,18H2,1-3H3,(H,29,32)(H,34,35)/t21?,25-,26?/m1/s1. The molecule has 41 heavy (non-hydrogen) atoms. The van der Waals surface area contributed by atoms with Crippen LogP contribution >= 0.6 is 11.6 Å². The number of carbonyl (C=O) groups is 3. The van der Waals surface area contributed by atoms with Gasteiger partial charge in [-0.15, -0.1) is 0 Å². The van der Waals surface area contributed by atoms with Gasteiger partial charge >= 0.3 is 12.2 Å². The summed E-state index contributed by atoms with van der Waals surface area (Å²) in [5.74, 6) is 10.4. The normalized spacial score (nSPS) is 22.1. The van der Waals surface area contributed by atoms with Gasteiger partial charge in [-0.1, -0.05) is 23.4 Å². The number of aromatic nitrogens is 1. The lowest BCUT2D eigenvalue weighted by Gasteiger charge is -2.29.